The highest BCUT2D eigenvalue weighted by Gasteiger charge is 2.57. The van der Waals surface area contributed by atoms with Crippen molar-refractivity contribution in [1.82, 2.24) is 10.6 Å². The zero-order valence-corrected chi connectivity index (χ0v) is 44.5. The number of nitrogens with one attached hydrogen (secondary N) is 2. The molecule has 7 saturated heterocycles. The molecule has 0 aromatic rings. The summed E-state index contributed by atoms with van der Waals surface area (Å²) in [4.78, 5) is 24.6. The average Bonchev–Trinajstić information content (AvgIpc) is 3.58. The molecule has 37 nitrogen and oxygen atoms in total. The van der Waals surface area contributed by atoms with Gasteiger partial charge in [0.05, 0.1) is 45.7 Å². The van der Waals surface area contributed by atoms with Crippen LogP contribution in [0.4, 0.5) is 0 Å². The summed E-state index contributed by atoms with van der Waals surface area (Å²) in [6.07, 6.45) is -63.1. The second-order valence-electron chi connectivity index (χ2n) is 21.1. The summed E-state index contributed by atoms with van der Waals surface area (Å²) >= 11 is 0. The molecule has 83 heavy (non-hydrogen) atoms. The maximum atomic E-state index is 12.7. The fraction of sp³-hybridized carbons (Fsp3) is 0.957. The van der Waals surface area contributed by atoms with Crippen molar-refractivity contribution in [2.24, 2.45) is 0 Å². The van der Waals surface area contributed by atoms with Crippen molar-refractivity contribution < 1.29 is 173 Å². The van der Waals surface area contributed by atoms with Gasteiger partial charge in [-0.2, -0.15) is 0 Å². The lowest BCUT2D eigenvalue weighted by molar-refractivity contribution is -0.386. The molecule has 0 unspecified atom stereocenters. The largest absolute Gasteiger partial charge is 0.394 e. The lowest BCUT2D eigenvalue weighted by Gasteiger charge is -2.50. The van der Waals surface area contributed by atoms with Gasteiger partial charge in [-0.15, -0.1) is 0 Å². The average molecular weight is 1220 g/mol. The van der Waals surface area contributed by atoms with Crippen LogP contribution >= 0.6 is 0 Å². The van der Waals surface area contributed by atoms with Gasteiger partial charge in [0.15, 0.2) is 44.0 Å². The Balaban J connectivity index is 1.16. The Hall–Kier alpha value is -2.38. The molecule has 7 aliphatic rings. The van der Waals surface area contributed by atoms with Crippen molar-refractivity contribution in [3.8, 4) is 0 Å². The van der Waals surface area contributed by atoms with Gasteiger partial charge in [-0.25, -0.2) is 0 Å². The molecule has 2 amide bonds. The quantitative estimate of drug-likeness (QED) is 0.0538. The van der Waals surface area contributed by atoms with E-state index in [1.54, 1.807) is 0 Å². The Labute approximate surface area is 470 Å². The highest BCUT2D eigenvalue weighted by molar-refractivity contribution is 5.73. The van der Waals surface area contributed by atoms with Crippen LogP contribution in [0.2, 0.25) is 0 Å². The molecule has 37 heteroatoms. The van der Waals surface area contributed by atoms with Crippen molar-refractivity contribution in [2.75, 3.05) is 39.6 Å². The van der Waals surface area contributed by atoms with Crippen molar-refractivity contribution in [3.63, 3.8) is 0 Å². The zero-order valence-electron chi connectivity index (χ0n) is 44.5. The second kappa shape index (κ2) is 29.3. The van der Waals surface area contributed by atoms with Crippen LogP contribution < -0.4 is 10.6 Å². The van der Waals surface area contributed by atoms with E-state index in [1.807, 2.05) is 0 Å². The van der Waals surface area contributed by atoms with Crippen LogP contribution in [-0.4, -0.2) is 368 Å². The normalized spacial score (nSPS) is 50.8. The first-order valence-corrected chi connectivity index (χ1v) is 26.5. The maximum Gasteiger partial charge on any atom is 0.217 e. The van der Waals surface area contributed by atoms with E-state index in [4.69, 9.17) is 61.6 Å². The fourth-order valence-electron chi connectivity index (χ4n) is 10.6. The third-order valence-electron chi connectivity index (χ3n) is 15.3. The van der Waals surface area contributed by atoms with E-state index in [0.29, 0.717) is 0 Å². The van der Waals surface area contributed by atoms with Crippen molar-refractivity contribution in [2.45, 2.75) is 236 Å². The molecule has 7 aliphatic heterocycles. The Morgan fingerprint density at radius 3 is 1.12 bits per heavy atom. The van der Waals surface area contributed by atoms with E-state index in [0.717, 1.165) is 13.8 Å². The van der Waals surface area contributed by atoms with Gasteiger partial charge in [0.2, 0.25) is 11.8 Å². The molecule has 7 heterocycles. The van der Waals surface area contributed by atoms with Crippen molar-refractivity contribution in [3.05, 3.63) is 0 Å². The Bertz CT molecular complexity index is 2040. The van der Waals surface area contributed by atoms with Gasteiger partial charge in [0, 0.05) is 13.8 Å². The monoisotopic (exact) mass is 1220 g/mol. The molecule has 0 aromatic heterocycles. The van der Waals surface area contributed by atoms with E-state index in [1.165, 1.54) is 6.92 Å². The van der Waals surface area contributed by atoms with Crippen LogP contribution in [0.5, 0.6) is 0 Å². The maximum absolute atomic E-state index is 12.7. The van der Waals surface area contributed by atoms with E-state index in [9.17, 15) is 112 Å². The predicted octanol–water partition coefficient (Wildman–Crippen LogP) is -15.0. The molecule has 482 valence electrons. The summed E-state index contributed by atoms with van der Waals surface area (Å²) < 4.78 is 74.7. The van der Waals surface area contributed by atoms with Crippen LogP contribution in [0.15, 0.2) is 0 Å². The molecule has 7 fully saturated rings. The molecule has 0 spiro atoms. The fourth-order valence-corrected chi connectivity index (χ4v) is 10.6. The summed E-state index contributed by atoms with van der Waals surface area (Å²) in [5, 5.41) is 220. The molecule has 0 aliphatic carbocycles. The van der Waals surface area contributed by atoms with Crippen LogP contribution in [0.3, 0.4) is 0 Å². The van der Waals surface area contributed by atoms with Gasteiger partial charge in [0.1, 0.15) is 165 Å². The lowest BCUT2D eigenvalue weighted by atomic mass is 9.94. The summed E-state index contributed by atoms with van der Waals surface area (Å²) in [6.45, 7) is -2.16. The molecular weight excluding hydrogens is 1140 g/mol. The summed E-state index contributed by atoms with van der Waals surface area (Å²) in [5.74, 6) is -1.52. The SMILES string of the molecule is CC(=O)N[C@@H]1[C@@H](O)[C@H](O[C@@H]2O[C@H](C)[C@@H](O[C@@H]3O[C@H](CO[C@H]4O[C@H](CO[C@H]5O[C@H](CO)[C@@H](O)[C@H](O)[C@@H]5O)[C@@H](O)[C@H](O[C@H]5O[C@H](CO)[C@@H](O)[C@H](O)[C@@H]5O)[C@@H]4O)[C@@H](O)[C@H](O[C@H]4O[C@H](CO)[C@@H](O)[C@H](O)[C@@H]4O)[C@@H]3O)[C@H](O)[C@H]2NC(C)=O)[C@@H](CO)O[C@H]1O. The summed E-state index contributed by atoms with van der Waals surface area (Å²) in [6, 6.07) is -3.21. The van der Waals surface area contributed by atoms with Crippen LogP contribution in [-0.2, 0) is 71.2 Å². The van der Waals surface area contributed by atoms with E-state index in [2.05, 4.69) is 10.6 Å². The first kappa shape index (κ1) is 68.1. The highest BCUT2D eigenvalue weighted by Crippen LogP contribution is 2.37. The van der Waals surface area contributed by atoms with Crippen LogP contribution in [0.1, 0.15) is 20.8 Å². The minimum atomic E-state index is -2.26. The topological polar surface area (TPSA) is 583 Å². The zero-order chi connectivity index (χ0) is 61.2. The Morgan fingerprint density at radius 1 is 0.337 bits per heavy atom. The summed E-state index contributed by atoms with van der Waals surface area (Å²) in [5.41, 5.74) is 0. The number of carbonyl (C=O) groups excluding carboxylic acids is 2. The minimum absolute atomic E-state index is 0.707. The number of hydrogen-bond acceptors (Lipinski definition) is 35. The van der Waals surface area contributed by atoms with E-state index < -0.39 is 266 Å². The van der Waals surface area contributed by atoms with E-state index in [-0.39, 0.29) is 0 Å². The third-order valence-corrected chi connectivity index (χ3v) is 15.3. The molecular formula is C46H78N2O35. The number of amides is 2. The Morgan fingerprint density at radius 2 is 0.675 bits per heavy atom. The predicted molar refractivity (Wildman–Crippen MR) is 254 cm³/mol. The standard InChI is InChI=1S/C46H78N2O35/c1-10-36(27(61)20(48-12(3)54)41(73-10)81-37-16(7-52)74-40(70)19(26(37)60)47-11(2)53)80-46-35(69)39(83-45-33(67)30(64)23(57)15(6-51)77-45)25(59)18(79-46)9-72-43-34(68)38(82-44-32(66)29(63)22(56)14(5-50)76-44)24(58)17(78-43)8-71-42-31(65)28(62)21(55)13(4-49)75-42/h10,13-46,49-52,55-70H,4-9H2,1-3H3,(H,47,53)(H,48,54)/t10-,13-,14-,15-,16-,17-,18-,19-,20-,21-,22-,23-,24-,25-,26-,27-,28+,29+,30+,31+,32+,33+,34+,35+,36-,37-,38+,39+,40-,41+,42+,43+,44-,45-,46+/m1/s1. The van der Waals surface area contributed by atoms with Crippen molar-refractivity contribution in [1.29, 1.82) is 0 Å². The molecule has 0 radical (unpaired) electrons. The number of ether oxygens (including phenoxy) is 13. The molecule has 35 atom stereocenters. The van der Waals surface area contributed by atoms with Gasteiger partial charge in [-0.3, -0.25) is 9.59 Å². The third kappa shape index (κ3) is 14.9. The first-order chi connectivity index (χ1) is 39.2. The van der Waals surface area contributed by atoms with Gasteiger partial charge < -0.3 is 174 Å². The smallest absolute Gasteiger partial charge is 0.217 e. The molecule has 0 saturated carbocycles. The van der Waals surface area contributed by atoms with Crippen LogP contribution in [0, 0.1) is 0 Å². The second-order valence-corrected chi connectivity index (χ2v) is 21.1. The van der Waals surface area contributed by atoms with Crippen LogP contribution in [0.25, 0.3) is 0 Å². The van der Waals surface area contributed by atoms with E-state index >= 15 is 0 Å². The molecule has 0 bridgehead atoms. The highest BCUT2D eigenvalue weighted by atomic mass is 16.8. The number of hydrogen-bond donors (Lipinski definition) is 22. The summed E-state index contributed by atoms with van der Waals surface area (Å²) in [7, 11) is 0. The first-order valence-electron chi connectivity index (χ1n) is 26.5. The van der Waals surface area contributed by atoms with Crippen molar-refractivity contribution >= 4 is 11.8 Å². The number of carbonyl (C=O) groups is 2. The number of aliphatic hydroxyl groups excluding tert-OH is 20. The van der Waals surface area contributed by atoms with Gasteiger partial charge in [-0.1, -0.05) is 0 Å². The molecule has 7 rings (SSSR count). The minimum Gasteiger partial charge on any atom is -0.394 e. The Kier molecular flexibility index (Phi) is 24.0. The number of rotatable bonds is 20. The lowest BCUT2D eigenvalue weighted by Crippen LogP contribution is -2.70. The number of aliphatic hydroxyl groups is 20. The van der Waals surface area contributed by atoms with Gasteiger partial charge >= 0.3 is 0 Å². The van der Waals surface area contributed by atoms with Gasteiger partial charge in [0.25, 0.3) is 0 Å². The van der Waals surface area contributed by atoms with Gasteiger partial charge in [-0.05, 0) is 6.92 Å². The molecule has 0 aromatic carbocycles. The molecule has 22 N–H and O–H groups in total.